The highest BCUT2D eigenvalue weighted by Gasteiger charge is 2.18. The molecule has 0 fully saturated rings. The first kappa shape index (κ1) is 19.1. The lowest BCUT2D eigenvalue weighted by molar-refractivity contribution is 0.0785. The van der Waals surface area contributed by atoms with Crippen LogP contribution in [0.25, 0.3) is 0 Å². The van der Waals surface area contributed by atoms with E-state index in [1.165, 1.54) is 7.11 Å². The summed E-state index contributed by atoms with van der Waals surface area (Å²) in [6.07, 6.45) is 0.860. The average molecular weight is 433 g/mol. The standard InChI is InChI=1S/C17H19BrClNO3S/c1-4-5-23-16-13(19)7-12(8-14(16)22-3)17(21)20(2)9-11-6-15(18)24-10-11/h6-8,10H,4-5,9H2,1-3H3. The van der Waals surface area contributed by atoms with Crippen LogP contribution in [0.3, 0.4) is 0 Å². The van der Waals surface area contributed by atoms with E-state index in [-0.39, 0.29) is 5.91 Å². The number of methoxy groups -OCH3 is 1. The van der Waals surface area contributed by atoms with Crippen molar-refractivity contribution < 1.29 is 14.3 Å². The van der Waals surface area contributed by atoms with Gasteiger partial charge in [0.25, 0.3) is 5.91 Å². The fourth-order valence-corrected chi connectivity index (χ4v) is 3.65. The van der Waals surface area contributed by atoms with Gasteiger partial charge in [-0.1, -0.05) is 18.5 Å². The van der Waals surface area contributed by atoms with E-state index in [2.05, 4.69) is 15.9 Å². The molecule has 0 saturated heterocycles. The van der Waals surface area contributed by atoms with Crippen LogP contribution in [0.4, 0.5) is 0 Å². The lowest BCUT2D eigenvalue weighted by Crippen LogP contribution is -2.26. The second-order valence-electron chi connectivity index (χ2n) is 5.26. The van der Waals surface area contributed by atoms with Gasteiger partial charge in [-0.15, -0.1) is 11.3 Å². The number of hydrogen-bond donors (Lipinski definition) is 0. The minimum atomic E-state index is -0.125. The van der Waals surface area contributed by atoms with E-state index in [0.29, 0.717) is 35.2 Å². The highest BCUT2D eigenvalue weighted by Crippen LogP contribution is 2.37. The third kappa shape index (κ3) is 4.65. The van der Waals surface area contributed by atoms with Crippen LogP contribution in [-0.2, 0) is 6.54 Å². The molecule has 24 heavy (non-hydrogen) atoms. The van der Waals surface area contributed by atoms with Crippen LogP contribution in [-0.4, -0.2) is 31.6 Å². The number of rotatable bonds is 7. The fraction of sp³-hybridized carbons (Fsp3) is 0.353. The number of carbonyl (C=O) groups is 1. The SMILES string of the molecule is CCCOc1c(Cl)cc(C(=O)N(C)Cc2csc(Br)c2)cc1OC. The van der Waals surface area contributed by atoms with Gasteiger partial charge in [0, 0.05) is 19.2 Å². The van der Waals surface area contributed by atoms with Gasteiger partial charge in [-0.05, 0) is 51.5 Å². The van der Waals surface area contributed by atoms with Gasteiger partial charge in [0.2, 0.25) is 0 Å². The Morgan fingerprint density at radius 1 is 1.38 bits per heavy atom. The Kier molecular flexibility index (Phi) is 6.95. The second kappa shape index (κ2) is 8.74. The molecule has 0 aliphatic carbocycles. The largest absolute Gasteiger partial charge is 0.493 e. The molecule has 0 aliphatic heterocycles. The summed E-state index contributed by atoms with van der Waals surface area (Å²) in [6, 6.07) is 5.29. The zero-order valence-electron chi connectivity index (χ0n) is 13.8. The molecular weight excluding hydrogens is 414 g/mol. The number of amides is 1. The summed E-state index contributed by atoms with van der Waals surface area (Å²) < 4.78 is 12.0. The number of hydrogen-bond acceptors (Lipinski definition) is 4. The molecule has 0 bridgehead atoms. The van der Waals surface area contributed by atoms with Crippen molar-refractivity contribution in [1.82, 2.24) is 4.90 Å². The molecule has 4 nitrogen and oxygen atoms in total. The predicted molar refractivity (Wildman–Crippen MR) is 102 cm³/mol. The maximum atomic E-state index is 12.7. The molecule has 2 rings (SSSR count). The third-order valence-corrected chi connectivity index (χ3v) is 5.15. The van der Waals surface area contributed by atoms with Gasteiger partial charge in [-0.3, -0.25) is 4.79 Å². The molecule has 1 amide bonds. The van der Waals surface area contributed by atoms with Crippen molar-refractivity contribution in [2.45, 2.75) is 19.9 Å². The molecule has 1 aromatic heterocycles. The van der Waals surface area contributed by atoms with Crippen molar-refractivity contribution >= 4 is 44.8 Å². The first-order chi connectivity index (χ1) is 11.5. The van der Waals surface area contributed by atoms with Crippen molar-refractivity contribution in [2.75, 3.05) is 20.8 Å². The van der Waals surface area contributed by atoms with Gasteiger partial charge in [0.15, 0.2) is 11.5 Å². The molecule has 0 aliphatic rings. The summed E-state index contributed by atoms with van der Waals surface area (Å²) in [7, 11) is 3.29. The lowest BCUT2D eigenvalue weighted by atomic mass is 10.1. The van der Waals surface area contributed by atoms with Gasteiger partial charge in [-0.25, -0.2) is 0 Å². The Balaban J connectivity index is 2.20. The van der Waals surface area contributed by atoms with Crippen molar-refractivity contribution in [3.63, 3.8) is 0 Å². The van der Waals surface area contributed by atoms with Gasteiger partial charge < -0.3 is 14.4 Å². The monoisotopic (exact) mass is 431 g/mol. The predicted octanol–water partition coefficient (Wildman–Crippen LogP) is 5.23. The van der Waals surface area contributed by atoms with E-state index < -0.39 is 0 Å². The highest BCUT2D eigenvalue weighted by atomic mass is 79.9. The first-order valence-electron chi connectivity index (χ1n) is 7.45. The Morgan fingerprint density at radius 3 is 2.71 bits per heavy atom. The van der Waals surface area contributed by atoms with Gasteiger partial charge in [-0.2, -0.15) is 0 Å². The molecule has 0 N–H and O–H groups in total. The molecule has 1 heterocycles. The van der Waals surface area contributed by atoms with E-state index in [4.69, 9.17) is 21.1 Å². The second-order valence-corrected chi connectivity index (χ2v) is 7.96. The Morgan fingerprint density at radius 2 is 2.12 bits per heavy atom. The van der Waals surface area contributed by atoms with Crippen LogP contribution in [0.1, 0.15) is 29.3 Å². The Labute approximate surface area is 159 Å². The molecule has 0 unspecified atom stereocenters. The number of benzene rings is 1. The van der Waals surface area contributed by atoms with Gasteiger partial charge >= 0.3 is 0 Å². The maximum Gasteiger partial charge on any atom is 0.254 e. The van der Waals surface area contributed by atoms with E-state index in [1.807, 2.05) is 18.4 Å². The van der Waals surface area contributed by atoms with Crippen molar-refractivity contribution in [1.29, 1.82) is 0 Å². The van der Waals surface area contributed by atoms with Crippen molar-refractivity contribution in [2.24, 2.45) is 0 Å². The summed E-state index contributed by atoms with van der Waals surface area (Å²) in [5.74, 6) is 0.813. The van der Waals surface area contributed by atoms with Crippen LogP contribution in [0, 0.1) is 0 Å². The normalized spacial score (nSPS) is 10.5. The number of thiophene rings is 1. The molecule has 0 saturated carbocycles. The first-order valence-corrected chi connectivity index (χ1v) is 9.50. The summed E-state index contributed by atoms with van der Waals surface area (Å²) in [5.41, 5.74) is 1.54. The zero-order chi connectivity index (χ0) is 17.7. The Bertz CT molecular complexity index is 720. The maximum absolute atomic E-state index is 12.7. The molecule has 0 spiro atoms. The number of ether oxygens (including phenoxy) is 2. The smallest absolute Gasteiger partial charge is 0.254 e. The summed E-state index contributed by atoms with van der Waals surface area (Å²) in [4.78, 5) is 14.3. The molecular formula is C17H19BrClNO3S. The molecule has 2 aromatic rings. The summed E-state index contributed by atoms with van der Waals surface area (Å²) >= 11 is 11.3. The summed E-state index contributed by atoms with van der Waals surface area (Å²) in [6.45, 7) is 3.07. The highest BCUT2D eigenvalue weighted by molar-refractivity contribution is 9.11. The molecule has 7 heteroatoms. The quantitative estimate of drug-likeness (QED) is 0.601. The fourth-order valence-electron chi connectivity index (χ4n) is 2.18. The Hall–Kier alpha value is -1.24. The van der Waals surface area contributed by atoms with Crippen LogP contribution < -0.4 is 9.47 Å². The molecule has 0 radical (unpaired) electrons. The average Bonchev–Trinajstić information content (AvgIpc) is 2.97. The lowest BCUT2D eigenvalue weighted by Gasteiger charge is -2.18. The number of nitrogens with zero attached hydrogens (tertiary/aromatic N) is 1. The van der Waals surface area contributed by atoms with Crippen LogP contribution in [0.5, 0.6) is 11.5 Å². The molecule has 130 valence electrons. The van der Waals surface area contributed by atoms with Crippen LogP contribution in [0.15, 0.2) is 27.4 Å². The minimum absolute atomic E-state index is 0.125. The minimum Gasteiger partial charge on any atom is -0.493 e. The van der Waals surface area contributed by atoms with E-state index in [0.717, 1.165) is 15.8 Å². The topological polar surface area (TPSA) is 38.8 Å². The molecule has 0 atom stereocenters. The molecule has 1 aromatic carbocycles. The van der Waals surface area contributed by atoms with Crippen molar-refractivity contribution in [3.8, 4) is 11.5 Å². The van der Waals surface area contributed by atoms with Gasteiger partial charge in [0.05, 0.1) is 22.5 Å². The van der Waals surface area contributed by atoms with Crippen LogP contribution >= 0.6 is 38.9 Å². The number of halogens is 2. The van der Waals surface area contributed by atoms with E-state index in [1.54, 1.807) is 35.4 Å². The summed E-state index contributed by atoms with van der Waals surface area (Å²) in [5, 5.41) is 2.39. The van der Waals surface area contributed by atoms with E-state index >= 15 is 0 Å². The van der Waals surface area contributed by atoms with Gasteiger partial charge in [0.1, 0.15) is 0 Å². The zero-order valence-corrected chi connectivity index (χ0v) is 16.9. The third-order valence-electron chi connectivity index (χ3n) is 3.32. The van der Waals surface area contributed by atoms with Crippen LogP contribution in [0.2, 0.25) is 5.02 Å². The number of carbonyl (C=O) groups excluding carboxylic acids is 1. The van der Waals surface area contributed by atoms with Crippen molar-refractivity contribution in [3.05, 3.63) is 43.5 Å². The van der Waals surface area contributed by atoms with E-state index in [9.17, 15) is 4.79 Å².